The van der Waals surface area contributed by atoms with Gasteiger partial charge >= 0.3 is 6.18 Å². The lowest BCUT2D eigenvalue weighted by molar-refractivity contribution is -0.141. The van der Waals surface area contributed by atoms with Gasteiger partial charge in [0.1, 0.15) is 11.4 Å². The minimum absolute atomic E-state index is 0.0298. The van der Waals surface area contributed by atoms with Crippen LogP contribution in [-0.2, 0) is 20.8 Å². The fourth-order valence-electron chi connectivity index (χ4n) is 3.05. The van der Waals surface area contributed by atoms with Gasteiger partial charge in [0.15, 0.2) is 11.5 Å². The number of halogens is 4. The number of benzene rings is 2. The van der Waals surface area contributed by atoms with Crippen LogP contribution in [0.2, 0.25) is 0 Å². The lowest BCUT2D eigenvalue weighted by Gasteiger charge is -2.12. The molecule has 0 saturated carbocycles. The van der Waals surface area contributed by atoms with Crippen molar-refractivity contribution in [3.05, 3.63) is 52.6 Å². The van der Waals surface area contributed by atoms with Crippen LogP contribution in [0.4, 0.5) is 18.9 Å². The number of nitrogens with zero attached hydrogens (tertiary/aromatic N) is 2. The summed E-state index contributed by atoms with van der Waals surface area (Å²) in [7, 11) is -4.50. The number of carbonyl (C=O) groups excluding carboxylic acids is 1. The summed E-state index contributed by atoms with van der Waals surface area (Å²) in [5.41, 5.74) is -1.57. The molecule has 2 N–H and O–H groups in total. The van der Waals surface area contributed by atoms with Gasteiger partial charge in [0.25, 0.3) is 0 Å². The van der Waals surface area contributed by atoms with Crippen LogP contribution in [0.5, 0.6) is 17.2 Å². The number of amides is 1. The molecule has 3 aromatic rings. The maximum absolute atomic E-state index is 13.5. The van der Waals surface area contributed by atoms with E-state index in [0.717, 1.165) is 0 Å². The van der Waals surface area contributed by atoms with E-state index in [1.54, 1.807) is 0 Å². The zero-order valence-corrected chi connectivity index (χ0v) is 19.9. The number of nitrogens with one attached hydrogen (secondary N) is 1. The lowest BCUT2D eigenvalue weighted by Crippen LogP contribution is -2.20. The molecule has 4 rings (SSSR count). The van der Waals surface area contributed by atoms with E-state index in [1.807, 2.05) is 0 Å². The molecular formula is C21H15BrF3N3O6S. The molecule has 0 fully saturated rings. The fraction of sp³-hybridized carbons (Fsp3) is 0.190. The third-order valence-corrected chi connectivity index (χ3v) is 6.75. The first-order valence-electron chi connectivity index (χ1n) is 9.80. The second-order valence-electron chi connectivity index (χ2n) is 7.27. The highest BCUT2D eigenvalue weighted by Crippen LogP contribution is 2.37. The predicted molar refractivity (Wildman–Crippen MR) is 120 cm³/mol. The summed E-state index contributed by atoms with van der Waals surface area (Å²) in [6, 6.07) is 9.10. The monoisotopic (exact) mass is 573 g/mol. The molecule has 1 amide bonds. The van der Waals surface area contributed by atoms with Crippen molar-refractivity contribution in [2.45, 2.75) is 17.8 Å². The number of sulfone groups is 1. The quantitative estimate of drug-likeness (QED) is 0.332. The van der Waals surface area contributed by atoms with Gasteiger partial charge in [0, 0.05) is 16.5 Å². The number of fused-ring (bicyclic) bond motifs is 1. The number of hydrogen-bond acceptors (Lipinski definition) is 8. The van der Waals surface area contributed by atoms with Crippen LogP contribution >= 0.6 is 15.9 Å². The summed E-state index contributed by atoms with van der Waals surface area (Å²) in [6.07, 6.45) is -5.57. The second-order valence-corrected chi connectivity index (χ2v) is 10.2. The van der Waals surface area contributed by atoms with E-state index in [0.29, 0.717) is 16.3 Å². The molecule has 0 atom stereocenters. The summed E-state index contributed by atoms with van der Waals surface area (Å²) in [4.78, 5) is 19.3. The van der Waals surface area contributed by atoms with Gasteiger partial charge in [-0.25, -0.2) is 18.4 Å². The first kappa shape index (κ1) is 24.7. The van der Waals surface area contributed by atoms with Crippen molar-refractivity contribution in [2.75, 3.05) is 17.9 Å². The minimum atomic E-state index is -4.95. The van der Waals surface area contributed by atoms with E-state index in [2.05, 4.69) is 31.2 Å². The van der Waals surface area contributed by atoms with Gasteiger partial charge < -0.3 is 19.9 Å². The molecule has 9 nitrogen and oxygen atoms in total. The molecule has 0 saturated heterocycles. The van der Waals surface area contributed by atoms with Crippen LogP contribution in [0, 0.1) is 0 Å². The zero-order chi connectivity index (χ0) is 25.4. The van der Waals surface area contributed by atoms with E-state index in [4.69, 9.17) is 9.47 Å². The third-order valence-electron chi connectivity index (χ3n) is 4.77. The SMILES string of the molecule is O=C(CCS(=O)(=O)c1nc(-c2ccc3c(c2)OCO3)cc(C(F)(F)F)n1)Nc1cc(Br)ccc1O. The summed E-state index contributed by atoms with van der Waals surface area (Å²) in [6.45, 7) is -0.0598. The Morgan fingerprint density at radius 2 is 1.83 bits per heavy atom. The Morgan fingerprint density at radius 1 is 1.09 bits per heavy atom. The second kappa shape index (κ2) is 9.34. The average Bonchev–Trinajstić information content (AvgIpc) is 3.27. The van der Waals surface area contributed by atoms with E-state index < -0.39 is 44.9 Å². The number of rotatable bonds is 6. The summed E-state index contributed by atoms with van der Waals surface area (Å²) < 4.78 is 76.9. The molecule has 14 heteroatoms. The molecule has 0 radical (unpaired) electrons. The van der Waals surface area contributed by atoms with Gasteiger partial charge in [-0.2, -0.15) is 13.2 Å². The van der Waals surface area contributed by atoms with E-state index >= 15 is 0 Å². The highest BCUT2D eigenvalue weighted by atomic mass is 79.9. The maximum Gasteiger partial charge on any atom is 0.433 e. The Balaban J connectivity index is 1.60. The van der Waals surface area contributed by atoms with Crippen molar-refractivity contribution in [1.29, 1.82) is 0 Å². The maximum atomic E-state index is 13.5. The Hall–Kier alpha value is -3.39. The van der Waals surface area contributed by atoms with Crippen LogP contribution in [0.1, 0.15) is 12.1 Å². The van der Waals surface area contributed by atoms with Crippen molar-refractivity contribution in [3.8, 4) is 28.5 Å². The summed E-state index contributed by atoms with van der Waals surface area (Å²) in [5, 5.41) is 11.1. The molecule has 1 aliphatic rings. The zero-order valence-electron chi connectivity index (χ0n) is 17.5. The molecule has 2 aromatic carbocycles. The molecule has 184 valence electrons. The fourth-order valence-corrected chi connectivity index (χ4v) is 4.53. The van der Waals surface area contributed by atoms with E-state index in [1.165, 1.54) is 36.4 Å². The number of carbonyl (C=O) groups is 1. The number of ether oxygens (including phenoxy) is 2. The highest BCUT2D eigenvalue weighted by molar-refractivity contribution is 9.10. The van der Waals surface area contributed by atoms with Gasteiger partial charge in [0.2, 0.25) is 27.7 Å². The Morgan fingerprint density at radius 3 is 2.57 bits per heavy atom. The third kappa shape index (κ3) is 5.65. The average molecular weight is 574 g/mol. The first-order chi connectivity index (χ1) is 16.4. The first-order valence-corrected chi connectivity index (χ1v) is 12.2. The number of phenols is 1. The minimum Gasteiger partial charge on any atom is -0.506 e. The van der Waals surface area contributed by atoms with Crippen molar-refractivity contribution in [2.24, 2.45) is 0 Å². The van der Waals surface area contributed by atoms with Crippen LogP contribution in [0.25, 0.3) is 11.3 Å². The lowest BCUT2D eigenvalue weighted by atomic mass is 10.1. The van der Waals surface area contributed by atoms with Crippen molar-refractivity contribution < 1.29 is 41.0 Å². The van der Waals surface area contributed by atoms with Gasteiger partial charge in [-0.1, -0.05) is 15.9 Å². The van der Waals surface area contributed by atoms with Gasteiger partial charge in [-0.3, -0.25) is 4.79 Å². The number of anilines is 1. The number of aromatic nitrogens is 2. The normalized spacial score (nSPS) is 13.0. The summed E-state index contributed by atoms with van der Waals surface area (Å²) >= 11 is 3.17. The largest absolute Gasteiger partial charge is 0.506 e. The van der Waals surface area contributed by atoms with Crippen molar-refractivity contribution in [1.82, 2.24) is 9.97 Å². The Bertz CT molecular complexity index is 1420. The molecule has 0 aliphatic carbocycles. The standard InChI is InChI=1S/C21H15BrF3N3O6S/c22-12-2-3-15(29)14(8-12)26-19(30)5-6-35(31,32)20-27-13(9-18(28-20)21(23,24)25)11-1-4-16-17(7-11)34-10-33-16/h1-4,7-9,29H,5-6,10H2,(H,26,30). The van der Waals surface area contributed by atoms with Gasteiger partial charge in [-0.15, -0.1) is 0 Å². The van der Waals surface area contributed by atoms with Crippen LogP contribution in [0.3, 0.4) is 0 Å². The molecular weight excluding hydrogens is 559 g/mol. The van der Waals surface area contributed by atoms with Crippen LogP contribution < -0.4 is 14.8 Å². The van der Waals surface area contributed by atoms with E-state index in [9.17, 15) is 31.5 Å². The topological polar surface area (TPSA) is 128 Å². The number of hydrogen-bond donors (Lipinski definition) is 2. The number of phenolic OH excluding ortho intramolecular Hbond substituents is 1. The van der Waals surface area contributed by atoms with Gasteiger partial charge in [0.05, 0.1) is 17.1 Å². The summed E-state index contributed by atoms with van der Waals surface area (Å²) in [5.74, 6) is -1.25. The Kier molecular flexibility index (Phi) is 6.60. The van der Waals surface area contributed by atoms with E-state index in [-0.39, 0.29) is 35.2 Å². The molecule has 0 spiro atoms. The van der Waals surface area contributed by atoms with Crippen molar-refractivity contribution in [3.63, 3.8) is 0 Å². The van der Waals surface area contributed by atoms with Crippen LogP contribution in [-0.4, -0.2) is 41.9 Å². The predicted octanol–water partition coefficient (Wildman–Crippen LogP) is 4.16. The smallest absolute Gasteiger partial charge is 0.433 e. The molecule has 0 unspecified atom stereocenters. The molecule has 0 bridgehead atoms. The molecule has 35 heavy (non-hydrogen) atoms. The molecule has 1 aliphatic heterocycles. The van der Waals surface area contributed by atoms with Crippen molar-refractivity contribution >= 4 is 37.4 Å². The highest BCUT2D eigenvalue weighted by Gasteiger charge is 2.35. The molecule has 2 heterocycles. The number of alkyl halides is 3. The Labute approximate surface area is 205 Å². The number of aromatic hydroxyl groups is 1. The van der Waals surface area contributed by atoms with Crippen LogP contribution in [0.15, 0.2) is 52.1 Å². The molecule has 1 aromatic heterocycles. The van der Waals surface area contributed by atoms with Gasteiger partial charge in [-0.05, 0) is 42.5 Å².